The zero-order valence-electron chi connectivity index (χ0n) is 16.4. The van der Waals surface area contributed by atoms with Crippen LogP contribution in [0.4, 0.5) is 26.3 Å². The predicted octanol–water partition coefficient (Wildman–Crippen LogP) is 4.65. The Morgan fingerprint density at radius 1 is 0.759 bits per heavy atom. The highest BCUT2D eigenvalue weighted by Crippen LogP contribution is 2.36. The summed E-state index contributed by atoms with van der Waals surface area (Å²) in [7, 11) is -13.4. The molecule has 1 fully saturated rings. The van der Waals surface area contributed by atoms with Crippen molar-refractivity contribution in [3.8, 4) is 0 Å². The van der Waals surface area contributed by atoms with Crippen molar-refractivity contribution in [2.75, 3.05) is 26.2 Å². The summed E-state index contributed by atoms with van der Waals surface area (Å²) in [4.78, 5) is 0. The number of halogens is 6. The van der Waals surface area contributed by atoms with E-state index in [4.69, 9.17) is 0 Å². The summed E-state index contributed by atoms with van der Waals surface area (Å²) in [5.41, 5.74) is -12.4. The average Bonchev–Trinajstić information content (AvgIpc) is 3.02. The van der Waals surface area contributed by atoms with Crippen molar-refractivity contribution in [1.82, 2.24) is 0 Å². The number of hydrogen-bond acceptors (Lipinski definition) is 4. The lowest BCUT2D eigenvalue weighted by Gasteiger charge is -2.33. The van der Waals surface area contributed by atoms with Gasteiger partial charge in [0.05, 0.1) is 26.2 Å². The molecule has 0 spiro atoms. The van der Waals surface area contributed by atoms with Crippen molar-refractivity contribution >= 4 is 20.0 Å². The Morgan fingerprint density at radius 2 is 1.17 bits per heavy atom. The van der Waals surface area contributed by atoms with Crippen LogP contribution in [-0.4, -0.2) is 58.5 Å². The fourth-order valence-corrected chi connectivity index (χ4v) is 4.68. The zero-order valence-corrected chi connectivity index (χ0v) is 18.0. The van der Waals surface area contributed by atoms with Crippen LogP contribution in [-0.2, 0) is 20.0 Å². The second-order valence-corrected chi connectivity index (χ2v) is 10.3. The van der Waals surface area contributed by atoms with E-state index in [2.05, 4.69) is 13.8 Å². The van der Waals surface area contributed by atoms with Gasteiger partial charge in [-0.15, -0.1) is 0 Å². The molecule has 0 bridgehead atoms. The molecule has 0 aromatic heterocycles. The molecule has 0 unspecified atom stereocenters. The van der Waals surface area contributed by atoms with E-state index < -0.39 is 31.1 Å². The quantitative estimate of drug-likeness (QED) is 0.275. The molecule has 0 aliphatic carbocycles. The molecule has 14 heteroatoms. The molecule has 1 saturated heterocycles. The lowest BCUT2D eigenvalue weighted by molar-refractivity contribution is -0.915. The highest BCUT2D eigenvalue weighted by Gasteiger charge is 2.46. The van der Waals surface area contributed by atoms with Gasteiger partial charge < -0.3 is 8.61 Å². The SMILES string of the molecule is CCCCCCC[N+]1(CC)CCCC1.O=S(=O)([N-]S(=O)(=O)C(F)(F)F)C(F)(F)F. The van der Waals surface area contributed by atoms with Crippen LogP contribution in [0.5, 0.6) is 0 Å². The third-order valence-corrected chi connectivity index (χ3v) is 7.44. The van der Waals surface area contributed by atoms with Crippen LogP contribution < -0.4 is 0 Å². The summed E-state index contributed by atoms with van der Waals surface area (Å²) < 4.78 is 111. The Hall–Kier alpha value is -0.600. The lowest BCUT2D eigenvalue weighted by atomic mass is 10.1. The minimum Gasteiger partial charge on any atom is -0.421 e. The van der Waals surface area contributed by atoms with Crippen LogP contribution in [0.15, 0.2) is 0 Å². The van der Waals surface area contributed by atoms with Gasteiger partial charge in [0.2, 0.25) is 0 Å². The number of sulfonamides is 2. The van der Waals surface area contributed by atoms with E-state index in [0.29, 0.717) is 0 Å². The molecule has 0 N–H and O–H groups in total. The van der Waals surface area contributed by atoms with Gasteiger partial charge in [0.25, 0.3) is 0 Å². The smallest absolute Gasteiger partial charge is 0.421 e. The minimum atomic E-state index is -6.72. The summed E-state index contributed by atoms with van der Waals surface area (Å²) in [5.74, 6) is 0. The first-order valence-electron chi connectivity index (χ1n) is 9.25. The van der Waals surface area contributed by atoms with Crippen LogP contribution in [0, 0.1) is 0 Å². The molecular formula is C15H28F6N2O4S2. The van der Waals surface area contributed by atoms with Crippen molar-refractivity contribution in [3.05, 3.63) is 4.13 Å². The number of alkyl halides is 6. The number of likely N-dealkylation sites (tertiary alicyclic amines) is 1. The average molecular weight is 479 g/mol. The molecule has 176 valence electrons. The molecule has 6 nitrogen and oxygen atoms in total. The molecular weight excluding hydrogens is 450 g/mol. The number of rotatable bonds is 9. The van der Waals surface area contributed by atoms with Gasteiger partial charge in [0.1, 0.15) is 0 Å². The summed E-state index contributed by atoms with van der Waals surface area (Å²) >= 11 is 0. The van der Waals surface area contributed by atoms with Gasteiger partial charge in [0.15, 0.2) is 20.0 Å². The first-order valence-corrected chi connectivity index (χ1v) is 12.1. The summed E-state index contributed by atoms with van der Waals surface area (Å²) in [6.07, 6.45) is 10.1. The largest absolute Gasteiger partial charge is 0.480 e. The Labute approximate surface area is 168 Å². The van der Waals surface area contributed by atoms with E-state index in [1.807, 2.05) is 0 Å². The van der Waals surface area contributed by atoms with Crippen LogP contribution in [0.1, 0.15) is 58.8 Å². The molecule has 0 aromatic carbocycles. The Kier molecular flexibility index (Phi) is 10.9. The third-order valence-electron chi connectivity index (χ3n) is 4.70. The Bertz CT molecular complexity index is 643. The van der Waals surface area contributed by atoms with Gasteiger partial charge in [-0.05, 0) is 19.8 Å². The van der Waals surface area contributed by atoms with E-state index in [1.54, 1.807) is 0 Å². The molecule has 0 radical (unpaired) electrons. The molecule has 0 saturated carbocycles. The van der Waals surface area contributed by atoms with E-state index in [1.165, 1.54) is 75.6 Å². The van der Waals surface area contributed by atoms with Gasteiger partial charge in [-0.3, -0.25) is 0 Å². The summed E-state index contributed by atoms with van der Waals surface area (Å²) in [6, 6.07) is 0. The topological polar surface area (TPSA) is 82.4 Å². The summed E-state index contributed by atoms with van der Waals surface area (Å²) in [5, 5.41) is 0. The molecule has 0 aromatic rings. The van der Waals surface area contributed by atoms with E-state index in [-0.39, 0.29) is 0 Å². The first-order chi connectivity index (χ1) is 13.0. The van der Waals surface area contributed by atoms with Crippen LogP contribution in [0.3, 0.4) is 0 Å². The highest BCUT2D eigenvalue weighted by atomic mass is 32.3. The molecule has 1 aliphatic rings. The number of nitrogens with zero attached hydrogens (tertiary/aromatic N) is 2. The molecule has 1 heterocycles. The fraction of sp³-hybridized carbons (Fsp3) is 1.00. The zero-order chi connectivity index (χ0) is 23.0. The second kappa shape index (κ2) is 11.1. The van der Waals surface area contributed by atoms with Crippen LogP contribution in [0.2, 0.25) is 0 Å². The number of unbranched alkanes of at least 4 members (excludes halogenated alkanes) is 4. The predicted molar refractivity (Wildman–Crippen MR) is 96.7 cm³/mol. The second-order valence-electron chi connectivity index (χ2n) is 6.87. The molecule has 0 atom stereocenters. The van der Waals surface area contributed by atoms with Gasteiger partial charge in [0, 0.05) is 12.8 Å². The van der Waals surface area contributed by atoms with E-state index in [0.717, 1.165) is 4.13 Å². The molecule has 1 aliphatic heterocycles. The van der Waals surface area contributed by atoms with Gasteiger partial charge in [-0.1, -0.05) is 26.2 Å². The minimum absolute atomic E-state index is 0.778. The molecule has 0 amide bonds. The lowest BCUT2D eigenvalue weighted by Crippen LogP contribution is -2.45. The third kappa shape index (κ3) is 9.39. The van der Waals surface area contributed by atoms with Crippen molar-refractivity contribution in [3.63, 3.8) is 0 Å². The monoisotopic (exact) mass is 478 g/mol. The number of quaternary nitrogens is 1. The maximum absolute atomic E-state index is 11.4. The maximum Gasteiger partial charge on any atom is 0.480 e. The van der Waals surface area contributed by atoms with Gasteiger partial charge in [-0.2, -0.15) is 26.3 Å². The Morgan fingerprint density at radius 3 is 1.52 bits per heavy atom. The van der Waals surface area contributed by atoms with Crippen molar-refractivity contribution in [2.45, 2.75) is 69.8 Å². The molecule has 1 rings (SSSR count). The highest BCUT2D eigenvalue weighted by molar-refractivity contribution is 8.13. The van der Waals surface area contributed by atoms with Crippen LogP contribution >= 0.6 is 0 Å². The maximum atomic E-state index is 11.4. The fourth-order valence-electron chi connectivity index (χ4n) is 2.97. The van der Waals surface area contributed by atoms with Crippen molar-refractivity contribution in [1.29, 1.82) is 0 Å². The normalized spacial score (nSPS) is 17.7. The Balaban J connectivity index is 0.000000541. The van der Waals surface area contributed by atoms with Crippen molar-refractivity contribution < 1.29 is 47.7 Å². The number of hydrogen-bond donors (Lipinski definition) is 0. The van der Waals surface area contributed by atoms with Crippen LogP contribution in [0.25, 0.3) is 4.13 Å². The van der Waals surface area contributed by atoms with E-state index in [9.17, 15) is 43.2 Å². The van der Waals surface area contributed by atoms with Crippen molar-refractivity contribution in [2.24, 2.45) is 0 Å². The first kappa shape index (κ1) is 28.4. The van der Waals surface area contributed by atoms with Gasteiger partial charge in [-0.25, -0.2) is 16.8 Å². The van der Waals surface area contributed by atoms with Gasteiger partial charge >= 0.3 is 11.0 Å². The standard InChI is InChI=1S/C13H28N.C2F6NO4S2/c1-3-5-6-7-8-11-14(4-2)12-9-10-13-14;3-1(4,5)14(10,11)9-15(12,13)2(6,7)8/h3-13H2,1-2H3;/q+1;-1. The summed E-state index contributed by atoms with van der Waals surface area (Å²) in [6.45, 7) is 10.4. The van der Waals surface area contributed by atoms with E-state index >= 15 is 0 Å². The molecule has 29 heavy (non-hydrogen) atoms.